The molecule has 7 nitrogen and oxygen atoms in total. The summed E-state index contributed by atoms with van der Waals surface area (Å²) in [5, 5.41) is 13.0. The summed E-state index contributed by atoms with van der Waals surface area (Å²) in [5.74, 6) is -3.38. The number of benzene rings is 1. The van der Waals surface area contributed by atoms with Crippen LogP contribution in [0.2, 0.25) is 0 Å². The fraction of sp³-hybridized carbons (Fsp3) is 0.522. The maximum atomic E-state index is 13.6. The van der Waals surface area contributed by atoms with E-state index in [0.717, 1.165) is 16.8 Å². The molecular weight excluding hydrogens is 418 g/mol. The van der Waals surface area contributed by atoms with Crippen molar-refractivity contribution in [3.05, 3.63) is 29.7 Å². The van der Waals surface area contributed by atoms with Crippen LogP contribution in [-0.2, 0) is 9.59 Å². The number of carbonyl (C=O) groups is 2. The van der Waals surface area contributed by atoms with Gasteiger partial charge in [-0.25, -0.2) is 8.78 Å². The average Bonchev–Trinajstić information content (AvgIpc) is 3.10. The third-order valence-electron chi connectivity index (χ3n) is 6.95. The highest BCUT2D eigenvalue weighted by molar-refractivity contribution is 6.00. The zero-order chi connectivity index (χ0) is 22.6. The second kappa shape index (κ2) is 7.56. The number of aryl methyl sites for hydroxylation is 2. The Kier molecular flexibility index (Phi) is 4.94. The molecule has 1 aromatic carbocycles. The molecule has 0 bridgehead atoms. The van der Waals surface area contributed by atoms with E-state index in [1.54, 1.807) is 0 Å². The SMILES string of the molecule is Cc1noc(C)c1-c1ccc(NC2CC3C(C2)C3(F)F)c(NC(=O)[C@@H]2CCCC(=O)N2)c1. The van der Waals surface area contributed by atoms with Crippen molar-refractivity contribution >= 4 is 23.2 Å². The van der Waals surface area contributed by atoms with Crippen molar-refractivity contribution < 1.29 is 22.9 Å². The third-order valence-corrected chi connectivity index (χ3v) is 6.95. The predicted octanol–water partition coefficient (Wildman–Crippen LogP) is 4.02. The van der Waals surface area contributed by atoms with Crippen LogP contribution >= 0.6 is 0 Å². The highest BCUT2D eigenvalue weighted by atomic mass is 19.3. The number of hydrogen-bond donors (Lipinski definition) is 3. The minimum Gasteiger partial charge on any atom is -0.381 e. The second-order valence-electron chi connectivity index (χ2n) is 9.16. The van der Waals surface area contributed by atoms with E-state index in [9.17, 15) is 18.4 Å². The number of rotatable bonds is 5. The number of aromatic nitrogens is 1. The molecule has 3 N–H and O–H groups in total. The van der Waals surface area contributed by atoms with E-state index in [4.69, 9.17) is 4.52 Å². The quantitative estimate of drug-likeness (QED) is 0.647. The summed E-state index contributed by atoms with van der Waals surface area (Å²) in [4.78, 5) is 24.6. The number of carbonyl (C=O) groups excluding carboxylic acids is 2. The minimum atomic E-state index is -2.53. The third kappa shape index (κ3) is 3.63. The molecule has 1 aromatic heterocycles. The van der Waals surface area contributed by atoms with Gasteiger partial charge in [0.25, 0.3) is 5.92 Å². The summed E-state index contributed by atoms with van der Waals surface area (Å²) >= 11 is 0. The highest BCUT2D eigenvalue weighted by Crippen LogP contribution is 2.64. The van der Waals surface area contributed by atoms with E-state index in [1.807, 2.05) is 32.0 Å². The van der Waals surface area contributed by atoms with Crippen LogP contribution < -0.4 is 16.0 Å². The zero-order valence-electron chi connectivity index (χ0n) is 18.0. The standard InChI is InChI=1S/C23H26F2N4O3/c1-11-21(12(2)32-29-11)13-6-7-17(26-14-9-15-16(10-14)23(15,24)25)19(8-13)28-22(31)18-4-3-5-20(30)27-18/h6-8,14-16,18,26H,3-5,9-10H2,1-2H3,(H,27,30)(H,28,31)/t14?,15?,16?,18-/m0/s1. The normalized spacial score (nSPS) is 28.1. The van der Waals surface area contributed by atoms with Gasteiger partial charge in [-0.05, 0) is 57.2 Å². The molecule has 9 heteroatoms. The fourth-order valence-electron chi connectivity index (χ4n) is 5.20. The van der Waals surface area contributed by atoms with Gasteiger partial charge in [-0.3, -0.25) is 9.59 Å². The van der Waals surface area contributed by atoms with Crippen molar-refractivity contribution in [1.82, 2.24) is 10.5 Å². The maximum absolute atomic E-state index is 13.6. The number of alkyl halides is 2. The molecule has 32 heavy (non-hydrogen) atoms. The van der Waals surface area contributed by atoms with E-state index in [2.05, 4.69) is 21.1 Å². The van der Waals surface area contributed by atoms with Gasteiger partial charge in [-0.1, -0.05) is 11.2 Å². The van der Waals surface area contributed by atoms with E-state index >= 15 is 0 Å². The Morgan fingerprint density at radius 2 is 1.97 bits per heavy atom. The second-order valence-corrected chi connectivity index (χ2v) is 9.16. The van der Waals surface area contributed by atoms with Gasteiger partial charge in [0.15, 0.2) is 0 Å². The molecule has 1 aliphatic heterocycles. The van der Waals surface area contributed by atoms with E-state index in [1.165, 1.54) is 0 Å². The van der Waals surface area contributed by atoms with Crippen LogP contribution in [0.5, 0.6) is 0 Å². The molecule has 170 valence electrons. The molecule has 0 spiro atoms. The Morgan fingerprint density at radius 3 is 2.62 bits per heavy atom. The number of halogens is 2. The Balaban J connectivity index is 1.40. The van der Waals surface area contributed by atoms with E-state index in [-0.39, 0.29) is 17.9 Å². The minimum absolute atomic E-state index is 0.0698. The summed E-state index contributed by atoms with van der Waals surface area (Å²) in [7, 11) is 0. The van der Waals surface area contributed by atoms with Crippen LogP contribution in [-0.4, -0.2) is 35.0 Å². The topological polar surface area (TPSA) is 96.3 Å². The molecule has 3 fully saturated rings. The fourth-order valence-corrected chi connectivity index (χ4v) is 5.20. The molecule has 2 aromatic rings. The molecule has 2 saturated carbocycles. The first-order valence-corrected chi connectivity index (χ1v) is 11.1. The molecule has 2 amide bonds. The predicted molar refractivity (Wildman–Crippen MR) is 114 cm³/mol. The van der Waals surface area contributed by atoms with Crippen LogP contribution in [0.3, 0.4) is 0 Å². The molecule has 3 aliphatic rings. The number of nitrogens with one attached hydrogen (secondary N) is 3. The van der Waals surface area contributed by atoms with Gasteiger partial charge in [0, 0.05) is 29.9 Å². The molecular formula is C23H26F2N4O3. The van der Waals surface area contributed by atoms with Crippen molar-refractivity contribution in [1.29, 1.82) is 0 Å². The zero-order valence-corrected chi connectivity index (χ0v) is 18.0. The van der Waals surface area contributed by atoms with Gasteiger partial charge < -0.3 is 20.5 Å². The molecule has 2 unspecified atom stereocenters. The van der Waals surface area contributed by atoms with Gasteiger partial charge in [-0.15, -0.1) is 0 Å². The van der Waals surface area contributed by atoms with Crippen molar-refractivity contribution in [3.8, 4) is 11.1 Å². The van der Waals surface area contributed by atoms with Crippen LogP contribution in [0.15, 0.2) is 22.7 Å². The Hall–Kier alpha value is -2.97. The van der Waals surface area contributed by atoms with E-state index in [0.29, 0.717) is 49.2 Å². The first-order valence-electron chi connectivity index (χ1n) is 11.1. The van der Waals surface area contributed by atoms with Crippen molar-refractivity contribution in [2.75, 3.05) is 10.6 Å². The van der Waals surface area contributed by atoms with Gasteiger partial charge in [0.2, 0.25) is 11.8 Å². The summed E-state index contributed by atoms with van der Waals surface area (Å²) in [5.41, 5.74) is 3.62. The number of nitrogens with zero attached hydrogens (tertiary/aromatic N) is 1. The average molecular weight is 444 g/mol. The first kappa shape index (κ1) is 20.9. The summed E-state index contributed by atoms with van der Waals surface area (Å²) in [6, 6.07) is 4.92. The molecule has 5 rings (SSSR count). The van der Waals surface area contributed by atoms with Gasteiger partial charge in [0.1, 0.15) is 11.8 Å². The summed E-state index contributed by atoms with van der Waals surface area (Å²) < 4.78 is 32.5. The molecule has 1 saturated heterocycles. The van der Waals surface area contributed by atoms with Gasteiger partial charge >= 0.3 is 0 Å². The molecule has 2 aliphatic carbocycles. The highest BCUT2D eigenvalue weighted by Gasteiger charge is 2.71. The van der Waals surface area contributed by atoms with Crippen LogP contribution in [0, 0.1) is 25.7 Å². The van der Waals surface area contributed by atoms with Crippen LogP contribution in [0.4, 0.5) is 20.2 Å². The summed E-state index contributed by atoms with van der Waals surface area (Å²) in [6.07, 6.45) is 2.48. The Labute approximate surface area is 184 Å². The maximum Gasteiger partial charge on any atom is 0.254 e. The lowest BCUT2D eigenvalue weighted by Gasteiger charge is -2.24. The molecule has 2 heterocycles. The number of piperidine rings is 1. The lowest BCUT2D eigenvalue weighted by Crippen LogP contribution is -2.46. The number of amides is 2. The first-order chi connectivity index (χ1) is 15.2. The van der Waals surface area contributed by atoms with Crippen molar-refractivity contribution in [2.24, 2.45) is 11.8 Å². The number of anilines is 2. The number of fused-ring (bicyclic) bond motifs is 1. The lowest BCUT2D eigenvalue weighted by atomic mass is 10.0. The van der Waals surface area contributed by atoms with Crippen molar-refractivity contribution in [3.63, 3.8) is 0 Å². The lowest BCUT2D eigenvalue weighted by molar-refractivity contribution is -0.128. The number of hydrogen-bond acceptors (Lipinski definition) is 5. The largest absolute Gasteiger partial charge is 0.381 e. The molecule has 0 radical (unpaired) electrons. The van der Waals surface area contributed by atoms with Gasteiger partial charge in [-0.2, -0.15) is 0 Å². The monoisotopic (exact) mass is 444 g/mol. The Morgan fingerprint density at radius 1 is 1.22 bits per heavy atom. The Bertz CT molecular complexity index is 1050. The summed E-state index contributed by atoms with van der Waals surface area (Å²) in [6.45, 7) is 3.67. The van der Waals surface area contributed by atoms with Gasteiger partial charge in [0.05, 0.1) is 17.1 Å². The van der Waals surface area contributed by atoms with Crippen LogP contribution in [0.1, 0.15) is 43.6 Å². The van der Waals surface area contributed by atoms with E-state index < -0.39 is 23.8 Å². The molecule has 3 atom stereocenters. The van der Waals surface area contributed by atoms with Crippen molar-refractivity contribution in [2.45, 2.75) is 64.0 Å². The smallest absolute Gasteiger partial charge is 0.254 e. The van der Waals surface area contributed by atoms with Crippen LogP contribution in [0.25, 0.3) is 11.1 Å².